The molecule has 1 aliphatic carbocycles. The highest BCUT2D eigenvalue weighted by molar-refractivity contribution is 5.79. The Bertz CT molecular complexity index is 893. The molecule has 0 spiro atoms. The molecule has 2 rings (SSSR count). The molecule has 4 nitrogen and oxygen atoms in total. The summed E-state index contributed by atoms with van der Waals surface area (Å²) in [4.78, 5) is 13.2. The number of carbonyl (C=O) groups excluding carboxylic acids is 1. The molecule has 0 saturated carbocycles. The zero-order chi connectivity index (χ0) is 28.2. The maximum Gasteiger partial charge on any atom is 0.223 e. The van der Waals surface area contributed by atoms with Crippen molar-refractivity contribution in [3.63, 3.8) is 0 Å². The number of benzene rings is 1. The zero-order valence-electron chi connectivity index (χ0n) is 25.7. The molecule has 38 heavy (non-hydrogen) atoms. The monoisotopic (exact) mass is 524 g/mol. The molecule has 214 valence electrons. The molecule has 0 saturated heterocycles. The number of rotatable bonds is 15. The van der Waals surface area contributed by atoms with Gasteiger partial charge in [0.25, 0.3) is 0 Å². The Morgan fingerprint density at radius 2 is 1.79 bits per heavy atom. The number of amides is 1. The van der Waals surface area contributed by atoms with Gasteiger partial charge in [0.2, 0.25) is 5.91 Å². The zero-order valence-corrected chi connectivity index (χ0v) is 25.7. The number of hydrogen-bond donors (Lipinski definition) is 2. The van der Waals surface area contributed by atoms with Gasteiger partial charge in [0, 0.05) is 17.9 Å². The van der Waals surface area contributed by atoms with Crippen molar-refractivity contribution in [3.05, 3.63) is 35.4 Å². The fourth-order valence-electron chi connectivity index (χ4n) is 5.87. The van der Waals surface area contributed by atoms with Crippen molar-refractivity contribution in [2.24, 2.45) is 11.8 Å². The lowest BCUT2D eigenvalue weighted by molar-refractivity contribution is -0.130. The molecule has 4 heteroatoms. The Morgan fingerprint density at radius 3 is 2.42 bits per heavy atom. The minimum absolute atomic E-state index is 0.0246. The molecular formula is C34H56N2O2. The lowest BCUT2D eigenvalue weighted by atomic mass is 9.84. The van der Waals surface area contributed by atoms with Crippen molar-refractivity contribution in [2.75, 3.05) is 13.6 Å². The van der Waals surface area contributed by atoms with Crippen LogP contribution in [0.2, 0.25) is 0 Å². The van der Waals surface area contributed by atoms with Gasteiger partial charge in [-0.15, -0.1) is 5.92 Å². The molecule has 0 fully saturated rings. The van der Waals surface area contributed by atoms with Crippen LogP contribution in [-0.4, -0.2) is 36.7 Å². The van der Waals surface area contributed by atoms with Crippen LogP contribution in [0.5, 0.6) is 0 Å². The third kappa shape index (κ3) is 11.5. The van der Waals surface area contributed by atoms with E-state index in [2.05, 4.69) is 88.3 Å². The summed E-state index contributed by atoms with van der Waals surface area (Å²) < 4.78 is 6.39. The SMILES string of the molecule is CCC(CNC)CC(CC)c1ccc(CC(C)(C)NC(=O)C(C)CC(C)(C)OC2C#CCCCCC2)cc1. The highest BCUT2D eigenvalue weighted by Crippen LogP contribution is 2.29. The highest BCUT2D eigenvalue weighted by Gasteiger charge is 2.31. The summed E-state index contributed by atoms with van der Waals surface area (Å²) in [6.07, 6.45) is 10.6. The molecule has 0 radical (unpaired) electrons. The predicted molar refractivity (Wildman–Crippen MR) is 161 cm³/mol. The molecular weight excluding hydrogens is 468 g/mol. The van der Waals surface area contributed by atoms with Crippen LogP contribution in [0.25, 0.3) is 0 Å². The predicted octanol–water partition coefficient (Wildman–Crippen LogP) is 7.41. The van der Waals surface area contributed by atoms with E-state index >= 15 is 0 Å². The Morgan fingerprint density at radius 1 is 1.08 bits per heavy atom. The Labute approximate surface area is 234 Å². The van der Waals surface area contributed by atoms with Crippen LogP contribution < -0.4 is 10.6 Å². The van der Waals surface area contributed by atoms with Crippen LogP contribution in [-0.2, 0) is 16.0 Å². The molecule has 1 aromatic rings. The fourth-order valence-corrected chi connectivity index (χ4v) is 5.87. The van der Waals surface area contributed by atoms with Crippen molar-refractivity contribution < 1.29 is 9.53 Å². The Hall–Kier alpha value is -1.83. The number of hydrogen-bond acceptors (Lipinski definition) is 3. The van der Waals surface area contributed by atoms with Gasteiger partial charge in [-0.2, -0.15) is 0 Å². The van der Waals surface area contributed by atoms with Crippen molar-refractivity contribution in [2.45, 2.75) is 136 Å². The van der Waals surface area contributed by atoms with Gasteiger partial charge in [0.15, 0.2) is 0 Å². The second-order valence-corrected chi connectivity index (χ2v) is 12.9. The van der Waals surface area contributed by atoms with Gasteiger partial charge in [0.05, 0.1) is 5.60 Å². The first-order valence-electron chi connectivity index (χ1n) is 15.2. The standard InChI is InChI=1S/C34H56N2O2/c1-9-27(25-35-8)22-29(10-2)30-20-18-28(19-21-30)24-33(4,5)36-32(37)26(3)23-34(6,7)38-31-16-14-12-11-13-15-17-31/h18-21,26-27,29,31,35H,9-14,16,22-25H2,1-8H3,(H,36,37). The normalized spacial score (nSPS) is 18.9. The van der Waals surface area contributed by atoms with Gasteiger partial charge in [-0.1, -0.05) is 63.8 Å². The first-order chi connectivity index (χ1) is 18.0. The van der Waals surface area contributed by atoms with E-state index in [1.54, 1.807) is 0 Å². The summed E-state index contributed by atoms with van der Waals surface area (Å²) in [7, 11) is 2.04. The second-order valence-electron chi connectivity index (χ2n) is 12.9. The third-order valence-corrected chi connectivity index (χ3v) is 7.98. The summed E-state index contributed by atoms with van der Waals surface area (Å²) in [5.41, 5.74) is 1.97. The first kappa shape index (κ1) is 32.4. The number of carbonyl (C=O) groups is 1. The molecule has 0 aromatic heterocycles. The van der Waals surface area contributed by atoms with E-state index in [0.717, 1.165) is 38.6 Å². The van der Waals surface area contributed by atoms with Crippen molar-refractivity contribution in [1.82, 2.24) is 10.6 Å². The van der Waals surface area contributed by atoms with Gasteiger partial charge in [-0.05, 0) is 109 Å². The van der Waals surface area contributed by atoms with E-state index < -0.39 is 5.60 Å². The van der Waals surface area contributed by atoms with Gasteiger partial charge in [-0.25, -0.2) is 0 Å². The second kappa shape index (κ2) is 15.7. The summed E-state index contributed by atoms with van der Waals surface area (Å²) in [6, 6.07) is 9.10. The van der Waals surface area contributed by atoms with Crippen LogP contribution in [0, 0.1) is 23.7 Å². The summed E-state index contributed by atoms with van der Waals surface area (Å²) in [5, 5.41) is 6.66. The minimum atomic E-state index is -0.394. The minimum Gasteiger partial charge on any atom is -0.360 e. The quantitative estimate of drug-likeness (QED) is 0.235. The van der Waals surface area contributed by atoms with Crippen LogP contribution in [0.3, 0.4) is 0 Å². The van der Waals surface area contributed by atoms with Gasteiger partial charge >= 0.3 is 0 Å². The number of nitrogens with one attached hydrogen (secondary N) is 2. The highest BCUT2D eigenvalue weighted by atomic mass is 16.5. The van der Waals surface area contributed by atoms with E-state index in [1.165, 1.54) is 36.8 Å². The average molecular weight is 525 g/mol. The number of ether oxygens (including phenoxy) is 1. The lowest BCUT2D eigenvalue weighted by Gasteiger charge is -2.33. The van der Waals surface area contributed by atoms with Gasteiger partial charge < -0.3 is 15.4 Å². The van der Waals surface area contributed by atoms with Crippen molar-refractivity contribution in [1.29, 1.82) is 0 Å². The molecule has 4 unspecified atom stereocenters. The fraction of sp³-hybridized carbons (Fsp3) is 0.735. The van der Waals surface area contributed by atoms with E-state index in [9.17, 15) is 4.79 Å². The van der Waals surface area contributed by atoms with Crippen molar-refractivity contribution >= 4 is 5.91 Å². The molecule has 1 aromatic carbocycles. The van der Waals surface area contributed by atoms with Gasteiger partial charge in [-0.3, -0.25) is 4.79 Å². The smallest absolute Gasteiger partial charge is 0.223 e. The Balaban J connectivity index is 1.92. The molecule has 1 aliphatic rings. The summed E-state index contributed by atoms with van der Waals surface area (Å²) in [5.74, 6) is 7.82. The van der Waals surface area contributed by atoms with Crippen molar-refractivity contribution in [3.8, 4) is 11.8 Å². The topological polar surface area (TPSA) is 50.4 Å². The maximum absolute atomic E-state index is 13.2. The summed E-state index contributed by atoms with van der Waals surface area (Å²) in [6.45, 7) is 16.1. The first-order valence-corrected chi connectivity index (χ1v) is 15.2. The van der Waals surface area contributed by atoms with E-state index in [4.69, 9.17) is 4.74 Å². The van der Waals surface area contributed by atoms with E-state index in [0.29, 0.717) is 18.3 Å². The van der Waals surface area contributed by atoms with E-state index in [-0.39, 0.29) is 23.5 Å². The van der Waals surface area contributed by atoms with Crippen LogP contribution in [0.1, 0.15) is 123 Å². The van der Waals surface area contributed by atoms with Crippen LogP contribution >= 0.6 is 0 Å². The Kier molecular flexibility index (Phi) is 13.4. The lowest BCUT2D eigenvalue weighted by Crippen LogP contribution is -2.48. The molecule has 2 N–H and O–H groups in total. The van der Waals surface area contributed by atoms with E-state index in [1.807, 2.05) is 14.0 Å². The molecule has 0 aliphatic heterocycles. The molecule has 0 heterocycles. The van der Waals surface area contributed by atoms with Crippen LogP contribution in [0.15, 0.2) is 24.3 Å². The molecule has 1 amide bonds. The largest absolute Gasteiger partial charge is 0.360 e. The average Bonchev–Trinajstić information content (AvgIpc) is 2.83. The molecule has 4 atom stereocenters. The molecule has 0 bridgehead atoms. The van der Waals surface area contributed by atoms with Crippen LogP contribution in [0.4, 0.5) is 0 Å². The third-order valence-electron chi connectivity index (χ3n) is 7.98. The van der Waals surface area contributed by atoms with Gasteiger partial charge in [0.1, 0.15) is 6.10 Å². The summed E-state index contributed by atoms with van der Waals surface area (Å²) >= 11 is 0. The maximum atomic E-state index is 13.2.